The Bertz CT molecular complexity index is 1450. The van der Waals surface area contributed by atoms with Crippen molar-refractivity contribution in [3.05, 3.63) is 69.6 Å². The molecule has 0 spiro atoms. The lowest BCUT2D eigenvalue weighted by Crippen LogP contribution is -2.42. The quantitative estimate of drug-likeness (QED) is 0.194. The zero-order valence-corrected chi connectivity index (χ0v) is 23.7. The molecule has 2 aromatic carbocycles. The largest absolute Gasteiger partial charge is 0.493 e. The van der Waals surface area contributed by atoms with E-state index >= 15 is 0 Å². The van der Waals surface area contributed by atoms with E-state index in [0.717, 1.165) is 11.1 Å². The summed E-state index contributed by atoms with van der Waals surface area (Å²) in [5.74, 6) is -3.72. The number of aryl methyl sites for hydroxylation is 1. The van der Waals surface area contributed by atoms with E-state index in [2.05, 4.69) is 0 Å². The van der Waals surface area contributed by atoms with Gasteiger partial charge in [0.1, 0.15) is 5.58 Å². The number of nitrogens with zero attached hydrogens (tertiary/aromatic N) is 1. The highest BCUT2D eigenvalue weighted by Crippen LogP contribution is 2.28. The fourth-order valence-electron chi connectivity index (χ4n) is 4.15. The summed E-state index contributed by atoms with van der Waals surface area (Å²) in [5, 5.41) is 44.3. The second kappa shape index (κ2) is 15.0. The Morgan fingerprint density at radius 2 is 1.57 bits per heavy atom. The minimum atomic E-state index is -2.74. The van der Waals surface area contributed by atoms with E-state index in [1.165, 1.54) is 6.26 Å². The molecule has 0 amide bonds. The Morgan fingerprint density at radius 3 is 2.10 bits per heavy atom. The molecule has 228 valence electrons. The summed E-state index contributed by atoms with van der Waals surface area (Å²) in [6.07, 6.45) is -1.31. The molecule has 3 rings (SSSR count). The van der Waals surface area contributed by atoms with Crippen LogP contribution in [0.25, 0.3) is 11.0 Å². The van der Waals surface area contributed by atoms with Gasteiger partial charge in [0.2, 0.25) is 0 Å². The highest BCUT2D eigenvalue weighted by molar-refractivity contribution is 5.88. The molecular weight excluding hydrogens is 554 g/mol. The molecule has 3 aromatic rings. The molecule has 0 radical (unpaired) electrons. The van der Waals surface area contributed by atoms with Gasteiger partial charge in [-0.3, -0.25) is 19.3 Å². The first-order chi connectivity index (χ1) is 19.7. The van der Waals surface area contributed by atoms with Crippen LogP contribution in [0.1, 0.15) is 36.5 Å². The SMILES string of the molecule is COc1ccc(CN(Cc2coc3ccc(C)cc3c2=O)CC(C)O)cc1OC.O=C(O)CC(O)(CC(=O)O)C(=O)O. The minimum Gasteiger partial charge on any atom is -0.493 e. The maximum absolute atomic E-state index is 13.0. The number of ether oxygens (including phenoxy) is 2. The first-order valence-electron chi connectivity index (χ1n) is 12.7. The molecule has 1 unspecified atom stereocenters. The lowest BCUT2D eigenvalue weighted by atomic mass is 9.96. The lowest BCUT2D eigenvalue weighted by molar-refractivity contribution is -0.170. The molecule has 1 aromatic heterocycles. The highest BCUT2D eigenvalue weighted by Gasteiger charge is 2.40. The average Bonchev–Trinajstić information content (AvgIpc) is 2.89. The second-order valence-corrected chi connectivity index (χ2v) is 9.78. The highest BCUT2D eigenvalue weighted by atomic mass is 16.5. The van der Waals surface area contributed by atoms with Crippen LogP contribution < -0.4 is 14.9 Å². The molecule has 0 fully saturated rings. The number of rotatable bonds is 13. The molecule has 1 heterocycles. The standard InChI is InChI=1S/C23H27NO5.C6H8O7/c1-15-5-7-20-19(9-15)23(26)18(14-29-20)13-24(11-16(2)25)12-17-6-8-21(27-3)22(10-17)28-4;7-3(8)1-6(13,5(11)12)2-4(9)10/h5-10,14,16,25H,11-13H2,1-4H3;13H,1-2H2,(H,7,8)(H,9,10)(H,11,12). The lowest BCUT2D eigenvalue weighted by Gasteiger charge is -2.24. The van der Waals surface area contributed by atoms with E-state index in [4.69, 9.17) is 34.3 Å². The third-order valence-electron chi connectivity index (χ3n) is 6.06. The number of fused-ring (bicyclic) bond motifs is 1. The molecule has 42 heavy (non-hydrogen) atoms. The fraction of sp³-hybridized carbons (Fsp3) is 0.379. The first-order valence-corrected chi connectivity index (χ1v) is 12.7. The van der Waals surface area contributed by atoms with Crippen molar-refractivity contribution in [1.29, 1.82) is 0 Å². The fourth-order valence-corrected chi connectivity index (χ4v) is 4.15. The Kier molecular flexibility index (Phi) is 12.0. The van der Waals surface area contributed by atoms with Gasteiger partial charge in [-0.2, -0.15) is 0 Å². The van der Waals surface area contributed by atoms with Crippen molar-refractivity contribution in [2.24, 2.45) is 0 Å². The average molecular weight is 590 g/mol. The molecule has 5 N–H and O–H groups in total. The van der Waals surface area contributed by atoms with E-state index in [1.54, 1.807) is 21.1 Å². The summed E-state index contributed by atoms with van der Waals surface area (Å²) in [6.45, 7) is 5.00. The van der Waals surface area contributed by atoms with Crippen molar-refractivity contribution in [2.75, 3.05) is 20.8 Å². The van der Waals surface area contributed by atoms with Crippen LogP contribution in [0.3, 0.4) is 0 Å². The number of carbonyl (C=O) groups is 3. The number of carboxylic acid groups (broad SMARTS) is 3. The van der Waals surface area contributed by atoms with Crippen LogP contribution in [-0.4, -0.2) is 80.8 Å². The molecule has 0 aliphatic heterocycles. The van der Waals surface area contributed by atoms with Crippen LogP contribution in [-0.2, 0) is 27.5 Å². The molecule has 0 bridgehead atoms. The van der Waals surface area contributed by atoms with E-state index in [0.29, 0.717) is 47.7 Å². The predicted octanol–water partition coefficient (Wildman–Crippen LogP) is 2.25. The second-order valence-electron chi connectivity index (χ2n) is 9.78. The van der Waals surface area contributed by atoms with Crippen molar-refractivity contribution in [3.8, 4) is 11.5 Å². The van der Waals surface area contributed by atoms with Crippen molar-refractivity contribution in [1.82, 2.24) is 4.90 Å². The van der Waals surface area contributed by atoms with Gasteiger partial charge in [-0.05, 0) is 43.7 Å². The Morgan fingerprint density at radius 1 is 0.952 bits per heavy atom. The number of aliphatic hydroxyl groups excluding tert-OH is 1. The number of hydrogen-bond donors (Lipinski definition) is 5. The van der Waals surface area contributed by atoms with Gasteiger partial charge < -0.3 is 39.4 Å². The van der Waals surface area contributed by atoms with Gasteiger partial charge in [0.15, 0.2) is 22.5 Å². The summed E-state index contributed by atoms with van der Waals surface area (Å²) in [7, 11) is 3.19. The number of aliphatic carboxylic acids is 3. The van der Waals surface area contributed by atoms with E-state index < -0.39 is 42.5 Å². The molecule has 13 nitrogen and oxygen atoms in total. The smallest absolute Gasteiger partial charge is 0.336 e. The van der Waals surface area contributed by atoms with Crippen molar-refractivity contribution >= 4 is 28.9 Å². The van der Waals surface area contributed by atoms with E-state index in [-0.39, 0.29) is 5.43 Å². The number of aliphatic hydroxyl groups is 2. The monoisotopic (exact) mass is 589 g/mol. The van der Waals surface area contributed by atoms with Crippen molar-refractivity contribution < 1.29 is 53.8 Å². The summed E-state index contributed by atoms with van der Waals surface area (Å²) in [6, 6.07) is 11.3. The molecule has 0 aliphatic rings. The predicted molar refractivity (Wildman–Crippen MR) is 150 cm³/mol. The zero-order valence-electron chi connectivity index (χ0n) is 23.7. The Labute approximate surface area is 241 Å². The van der Waals surface area contributed by atoms with E-state index in [9.17, 15) is 24.3 Å². The zero-order chi connectivity index (χ0) is 31.6. The first kappa shape index (κ1) is 33.7. The van der Waals surface area contributed by atoms with Gasteiger partial charge in [-0.1, -0.05) is 17.7 Å². The minimum absolute atomic E-state index is 0.0437. The van der Waals surface area contributed by atoms with E-state index in [1.807, 2.05) is 48.2 Å². The van der Waals surface area contributed by atoms with Crippen LogP contribution >= 0.6 is 0 Å². The molecule has 0 saturated carbocycles. The van der Waals surface area contributed by atoms with Crippen LogP contribution in [0, 0.1) is 6.92 Å². The maximum Gasteiger partial charge on any atom is 0.336 e. The normalized spacial score (nSPS) is 11.9. The summed E-state index contributed by atoms with van der Waals surface area (Å²) >= 11 is 0. The third kappa shape index (κ3) is 9.58. The molecule has 13 heteroatoms. The van der Waals surface area contributed by atoms with Gasteiger partial charge in [0.05, 0.1) is 44.8 Å². The maximum atomic E-state index is 13.0. The topological polar surface area (TPSA) is 204 Å². The Hall–Kier alpha value is -4.46. The molecule has 0 saturated heterocycles. The summed E-state index contributed by atoms with van der Waals surface area (Å²) in [5.41, 5.74) is 0.350. The number of hydrogen-bond acceptors (Lipinski definition) is 10. The molecular formula is C29H35NO12. The van der Waals surface area contributed by atoms with Crippen LogP contribution in [0.5, 0.6) is 11.5 Å². The van der Waals surface area contributed by atoms with Crippen LogP contribution in [0.4, 0.5) is 0 Å². The van der Waals surface area contributed by atoms with Gasteiger partial charge in [-0.25, -0.2) is 4.79 Å². The van der Waals surface area contributed by atoms with Crippen LogP contribution in [0.15, 0.2) is 51.9 Å². The van der Waals surface area contributed by atoms with Gasteiger partial charge >= 0.3 is 17.9 Å². The third-order valence-corrected chi connectivity index (χ3v) is 6.06. The van der Waals surface area contributed by atoms with Crippen molar-refractivity contribution in [2.45, 2.75) is 51.5 Å². The molecule has 0 aliphatic carbocycles. The van der Waals surface area contributed by atoms with Crippen molar-refractivity contribution in [3.63, 3.8) is 0 Å². The summed E-state index contributed by atoms with van der Waals surface area (Å²) in [4.78, 5) is 45.5. The van der Waals surface area contributed by atoms with Gasteiger partial charge in [0.25, 0.3) is 0 Å². The van der Waals surface area contributed by atoms with Gasteiger partial charge in [0, 0.05) is 25.2 Å². The van der Waals surface area contributed by atoms with Crippen LogP contribution in [0.2, 0.25) is 0 Å². The van der Waals surface area contributed by atoms with Gasteiger partial charge in [-0.15, -0.1) is 0 Å². The Balaban J connectivity index is 0.000000401. The molecule has 1 atom stereocenters. The number of methoxy groups -OCH3 is 2. The number of benzene rings is 2. The number of carboxylic acids is 3. The summed E-state index contributed by atoms with van der Waals surface area (Å²) < 4.78 is 16.3.